The molecule has 0 saturated carbocycles. The fraction of sp³-hybridized carbons (Fsp3) is 0.290. The number of likely N-dealkylation sites (N-methyl/N-ethyl adjacent to an activating group) is 1. The van der Waals surface area contributed by atoms with Crippen molar-refractivity contribution in [2.75, 3.05) is 26.2 Å². The number of benzene rings is 3. The number of quaternary nitrogens is 1. The number of ether oxygens (including phenoxy) is 1. The highest BCUT2D eigenvalue weighted by Crippen LogP contribution is 2.39. The van der Waals surface area contributed by atoms with Crippen LogP contribution in [0.1, 0.15) is 42.1 Å². The van der Waals surface area contributed by atoms with Crippen molar-refractivity contribution in [1.29, 1.82) is 0 Å². The summed E-state index contributed by atoms with van der Waals surface area (Å²) in [4.78, 5) is 29.4. The largest absolute Gasteiger partial charge is 0.872 e. The van der Waals surface area contributed by atoms with Gasteiger partial charge in [0, 0.05) is 10.0 Å². The molecule has 0 radical (unpaired) electrons. The van der Waals surface area contributed by atoms with Gasteiger partial charge in [-0.2, -0.15) is 0 Å². The van der Waals surface area contributed by atoms with E-state index in [-0.39, 0.29) is 5.57 Å². The van der Waals surface area contributed by atoms with E-state index in [1.54, 1.807) is 23.1 Å². The van der Waals surface area contributed by atoms with Gasteiger partial charge in [0.2, 0.25) is 5.78 Å². The maximum absolute atomic E-state index is 13.9. The molecule has 1 aliphatic rings. The van der Waals surface area contributed by atoms with E-state index in [0.29, 0.717) is 36.6 Å². The van der Waals surface area contributed by atoms with Crippen LogP contribution in [0.3, 0.4) is 0 Å². The summed E-state index contributed by atoms with van der Waals surface area (Å²) in [6, 6.07) is 21.8. The van der Waals surface area contributed by atoms with E-state index in [1.807, 2.05) is 61.5 Å². The summed E-state index contributed by atoms with van der Waals surface area (Å²) in [6.45, 7) is 9.36. The minimum atomic E-state index is -0.723. The van der Waals surface area contributed by atoms with Gasteiger partial charge < -0.3 is 19.6 Å². The topological polar surface area (TPSA) is 74.1 Å². The van der Waals surface area contributed by atoms with Gasteiger partial charge in [-0.25, -0.2) is 0 Å². The van der Waals surface area contributed by atoms with E-state index in [9.17, 15) is 14.7 Å². The Balaban J connectivity index is 1.69. The number of nitrogens with zero attached hydrogens (tertiary/aromatic N) is 1. The number of likely N-dealkylation sites (tertiary alicyclic amines) is 1. The molecule has 7 heteroatoms. The number of Topliss-reactive ketones (excluding diaryl/α,β-unsaturated/α-hetero) is 1. The number of hydrogen-bond acceptors (Lipinski definition) is 4. The Morgan fingerprint density at radius 2 is 1.68 bits per heavy atom. The first-order valence-electron chi connectivity index (χ1n) is 13.0. The predicted octanol–water partition coefficient (Wildman–Crippen LogP) is 3.49. The second-order valence-electron chi connectivity index (χ2n) is 9.48. The van der Waals surface area contributed by atoms with Crippen molar-refractivity contribution >= 4 is 33.4 Å². The summed E-state index contributed by atoms with van der Waals surface area (Å²) in [6.07, 6.45) is 0. The van der Waals surface area contributed by atoms with Gasteiger partial charge in [0.05, 0.1) is 32.2 Å². The molecule has 1 saturated heterocycles. The van der Waals surface area contributed by atoms with Crippen LogP contribution in [0.2, 0.25) is 0 Å². The molecule has 0 bridgehead atoms. The zero-order valence-corrected chi connectivity index (χ0v) is 23.6. The lowest BCUT2D eigenvalue weighted by molar-refractivity contribution is -0.895. The molecule has 1 aliphatic heterocycles. The molecule has 1 N–H and O–H groups in total. The number of amides is 1. The van der Waals surface area contributed by atoms with E-state index >= 15 is 0 Å². The molecule has 0 aliphatic carbocycles. The lowest BCUT2D eigenvalue weighted by atomic mass is 9.94. The Bertz CT molecular complexity index is 1320. The van der Waals surface area contributed by atoms with Crippen molar-refractivity contribution in [2.45, 2.75) is 33.4 Å². The van der Waals surface area contributed by atoms with Crippen molar-refractivity contribution in [3.8, 4) is 5.75 Å². The first kappa shape index (κ1) is 27.6. The molecule has 3 aromatic carbocycles. The number of ketones is 1. The highest BCUT2D eigenvalue weighted by Gasteiger charge is 2.44. The first-order valence-corrected chi connectivity index (χ1v) is 13.8. The van der Waals surface area contributed by atoms with Crippen LogP contribution < -0.4 is 14.7 Å². The fourth-order valence-electron chi connectivity index (χ4n) is 4.84. The summed E-state index contributed by atoms with van der Waals surface area (Å²) < 4.78 is 6.79. The Morgan fingerprint density at radius 3 is 2.32 bits per heavy atom. The number of halogens is 1. The molecule has 1 atom stereocenters. The van der Waals surface area contributed by atoms with Crippen LogP contribution in [-0.4, -0.2) is 42.8 Å². The van der Waals surface area contributed by atoms with Crippen LogP contribution in [0.15, 0.2) is 82.8 Å². The van der Waals surface area contributed by atoms with Gasteiger partial charge in [-0.3, -0.25) is 9.59 Å². The minimum Gasteiger partial charge on any atom is -0.872 e. The van der Waals surface area contributed by atoms with E-state index in [0.717, 1.165) is 28.7 Å². The second-order valence-corrected chi connectivity index (χ2v) is 10.4. The van der Waals surface area contributed by atoms with Crippen molar-refractivity contribution in [3.63, 3.8) is 0 Å². The Kier molecular flexibility index (Phi) is 9.02. The molecule has 4 rings (SSSR count). The second kappa shape index (κ2) is 12.4. The van der Waals surface area contributed by atoms with Crippen molar-refractivity contribution in [3.05, 3.63) is 105 Å². The molecule has 3 aromatic rings. The Labute approximate surface area is 232 Å². The summed E-state index contributed by atoms with van der Waals surface area (Å²) in [5, 5.41) is 13.9. The van der Waals surface area contributed by atoms with E-state index in [4.69, 9.17) is 4.74 Å². The zero-order valence-electron chi connectivity index (χ0n) is 22.0. The number of rotatable bonds is 10. The molecule has 1 amide bonds. The number of aryl methyl sites for hydroxylation is 1. The molecular weight excluding hydrogens is 544 g/mol. The van der Waals surface area contributed by atoms with Crippen LogP contribution in [0.4, 0.5) is 0 Å². The van der Waals surface area contributed by atoms with Gasteiger partial charge in [0.25, 0.3) is 5.91 Å². The lowest BCUT2D eigenvalue weighted by Gasteiger charge is -2.29. The first-order chi connectivity index (χ1) is 18.3. The van der Waals surface area contributed by atoms with Gasteiger partial charge in [-0.1, -0.05) is 70.2 Å². The molecule has 1 heterocycles. The van der Waals surface area contributed by atoms with Crippen LogP contribution in [0.25, 0.3) is 5.76 Å². The maximum Gasteiger partial charge on any atom is 0.295 e. The van der Waals surface area contributed by atoms with E-state index in [1.165, 1.54) is 4.90 Å². The summed E-state index contributed by atoms with van der Waals surface area (Å²) in [7, 11) is 0. The molecule has 1 unspecified atom stereocenters. The van der Waals surface area contributed by atoms with Crippen molar-refractivity contribution < 1.29 is 24.3 Å². The Hall–Kier alpha value is -3.42. The molecule has 6 nitrogen and oxygen atoms in total. The molecule has 38 heavy (non-hydrogen) atoms. The predicted molar refractivity (Wildman–Crippen MR) is 149 cm³/mol. The van der Waals surface area contributed by atoms with Gasteiger partial charge in [-0.15, -0.1) is 0 Å². The van der Waals surface area contributed by atoms with Gasteiger partial charge in [0.15, 0.2) is 0 Å². The molecule has 0 spiro atoms. The highest BCUT2D eigenvalue weighted by atomic mass is 79.9. The average molecular weight is 578 g/mol. The maximum atomic E-state index is 13.9. The van der Waals surface area contributed by atoms with Crippen LogP contribution in [0.5, 0.6) is 5.75 Å². The fourth-order valence-corrected chi connectivity index (χ4v) is 5.11. The third-order valence-electron chi connectivity index (χ3n) is 7.11. The lowest BCUT2D eigenvalue weighted by Crippen LogP contribution is -3.12. The number of nitrogens with one attached hydrogen (secondary N) is 1. The number of carbonyl (C=O) groups is 2. The van der Waals surface area contributed by atoms with E-state index < -0.39 is 23.5 Å². The minimum absolute atomic E-state index is 0.00734. The van der Waals surface area contributed by atoms with Crippen LogP contribution in [0, 0.1) is 6.92 Å². The smallest absolute Gasteiger partial charge is 0.295 e. The quantitative estimate of drug-likeness (QED) is 0.228. The van der Waals surface area contributed by atoms with Gasteiger partial charge >= 0.3 is 0 Å². The summed E-state index contributed by atoms with van der Waals surface area (Å²) >= 11 is 3.45. The molecule has 198 valence electrons. The monoisotopic (exact) mass is 576 g/mol. The SMILES string of the molecule is CC[NH+](CC)CCN1C(=O)C(=O)C(=C([O-])c2ccc(OCc3ccccc3)cc2C)C1c1ccc(Br)cc1. The Morgan fingerprint density at radius 1 is 1.00 bits per heavy atom. The highest BCUT2D eigenvalue weighted by molar-refractivity contribution is 9.10. The number of carbonyl (C=O) groups excluding carboxylic acids is 2. The van der Waals surface area contributed by atoms with Crippen LogP contribution in [-0.2, 0) is 16.2 Å². The molecular formula is C31H33BrN2O4. The average Bonchev–Trinajstić information content (AvgIpc) is 3.18. The molecule has 1 fully saturated rings. The third kappa shape index (κ3) is 6.00. The van der Waals surface area contributed by atoms with E-state index in [2.05, 4.69) is 29.8 Å². The van der Waals surface area contributed by atoms with Crippen LogP contribution >= 0.6 is 15.9 Å². The standard InChI is InChI=1S/C31H33BrN2O4/c1-4-33(5-2)17-18-34-28(23-11-13-24(32)14-12-23)27(30(36)31(34)37)29(35)26-16-15-25(19-21(26)3)38-20-22-9-7-6-8-10-22/h6-16,19,28,35H,4-5,17-18,20H2,1-3H3. The van der Waals surface area contributed by atoms with Gasteiger partial charge in [-0.05, 0) is 67.3 Å². The third-order valence-corrected chi connectivity index (χ3v) is 7.64. The molecule has 0 aromatic heterocycles. The van der Waals surface area contributed by atoms with Crippen molar-refractivity contribution in [2.24, 2.45) is 0 Å². The van der Waals surface area contributed by atoms with Gasteiger partial charge in [0.1, 0.15) is 12.4 Å². The zero-order chi connectivity index (χ0) is 27.2. The number of hydrogen-bond donors (Lipinski definition) is 1. The summed E-state index contributed by atoms with van der Waals surface area (Å²) in [5.74, 6) is -1.12. The normalized spacial score (nSPS) is 16.9. The summed E-state index contributed by atoms with van der Waals surface area (Å²) in [5.41, 5.74) is 2.87. The van der Waals surface area contributed by atoms with Crippen molar-refractivity contribution in [1.82, 2.24) is 4.90 Å².